The van der Waals surface area contributed by atoms with Gasteiger partial charge in [-0.3, -0.25) is 0 Å². The third-order valence-corrected chi connectivity index (χ3v) is 8.35. The second-order valence-electron chi connectivity index (χ2n) is 11.1. The third-order valence-electron chi connectivity index (χ3n) is 8.35. The zero-order valence-electron chi connectivity index (χ0n) is 19.3. The normalized spacial score (nSPS) is 37.9. The lowest BCUT2D eigenvalue weighted by atomic mass is 9.71. The highest BCUT2D eigenvalue weighted by Crippen LogP contribution is 2.51. The minimum Gasteiger partial charge on any atom is -0.390 e. The Bertz CT molecular complexity index is 695. The van der Waals surface area contributed by atoms with Crippen LogP contribution in [0.25, 0.3) is 0 Å². The van der Waals surface area contributed by atoms with E-state index in [4.69, 9.17) is 4.74 Å². The molecule has 3 saturated carbocycles. The van der Waals surface area contributed by atoms with Crippen molar-refractivity contribution in [3.63, 3.8) is 0 Å². The Balaban J connectivity index is 1.37. The largest absolute Gasteiger partial charge is 0.390 e. The van der Waals surface area contributed by atoms with Gasteiger partial charge in [0.2, 0.25) is 0 Å². The summed E-state index contributed by atoms with van der Waals surface area (Å²) in [6.45, 7) is 6.96. The molecular weight excluding hydrogens is 372 g/mol. The fourth-order valence-corrected chi connectivity index (χ4v) is 6.75. The van der Waals surface area contributed by atoms with E-state index in [1.54, 1.807) is 5.57 Å². The fraction of sp³-hybridized carbons (Fsp3) is 0.778. The van der Waals surface area contributed by atoms with Crippen molar-refractivity contribution in [1.82, 2.24) is 0 Å². The first-order valence-corrected chi connectivity index (χ1v) is 12.4. The molecule has 3 aliphatic carbocycles. The smallest absolute Gasteiger partial charge is 0.0852 e. The number of aliphatic hydroxyl groups is 2. The highest BCUT2D eigenvalue weighted by Gasteiger charge is 2.41. The van der Waals surface area contributed by atoms with E-state index in [2.05, 4.69) is 25.2 Å². The topological polar surface area (TPSA) is 49.7 Å². The molecule has 2 N–H and O–H groups in total. The van der Waals surface area contributed by atoms with Crippen molar-refractivity contribution in [2.24, 2.45) is 23.7 Å². The molecule has 3 heteroatoms. The van der Waals surface area contributed by atoms with Crippen LogP contribution in [0.2, 0.25) is 0 Å². The number of allylic oxidation sites excluding steroid dienone is 3. The zero-order chi connectivity index (χ0) is 21.3. The van der Waals surface area contributed by atoms with E-state index >= 15 is 0 Å². The van der Waals surface area contributed by atoms with Gasteiger partial charge >= 0.3 is 0 Å². The van der Waals surface area contributed by atoms with Gasteiger partial charge in [-0.2, -0.15) is 0 Å². The molecule has 3 fully saturated rings. The number of hydrogen-bond acceptors (Lipinski definition) is 3. The molecular formula is C27H42O3. The van der Waals surface area contributed by atoms with E-state index in [1.807, 2.05) is 13.8 Å². The van der Waals surface area contributed by atoms with Crippen molar-refractivity contribution in [3.8, 4) is 0 Å². The Labute approximate surface area is 183 Å². The number of aliphatic hydroxyl groups excluding tert-OH is 1. The van der Waals surface area contributed by atoms with Gasteiger partial charge in [-0.25, -0.2) is 0 Å². The summed E-state index contributed by atoms with van der Waals surface area (Å²) in [7, 11) is 0. The Morgan fingerprint density at radius 3 is 2.83 bits per heavy atom. The van der Waals surface area contributed by atoms with Crippen LogP contribution in [0.3, 0.4) is 0 Å². The first kappa shape index (κ1) is 22.3. The van der Waals surface area contributed by atoms with E-state index < -0.39 is 5.60 Å². The molecule has 0 radical (unpaired) electrons. The van der Waals surface area contributed by atoms with Crippen LogP contribution in [0, 0.1) is 23.7 Å². The zero-order valence-corrected chi connectivity index (χ0v) is 19.3. The maximum absolute atomic E-state index is 10.4. The van der Waals surface area contributed by atoms with Gasteiger partial charge in [0.25, 0.3) is 0 Å². The standard InChI is InChI=1S/C27H42O3/c1-18(6-5-14-27(2,3)29)21-11-12-22-20(7-4-8-23(21)22)10-9-19-16-25(28)24-13-15-30-26(24)17-19/h9-10,13,18,21-23,25-26,28-29H,4-8,11-12,14-17H2,1-3H3/b19-9+,20-10+/t18-,21?,22?,23?,25-,26-/m1/s1. The van der Waals surface area contributed by atoms with Gasteiger partial charge in [-0.1, -0.05) is 49.1 Å². The summed E-state index contributed by atoms with van der Waals surface area (Å²) in [5.41, 5.74) is 3.58. The molecule has 0 aromatic carbocycles. The van der Waals surface area contributed by atoms with Gasteiger partial charge in [0.1, 0.15) is 0 Å². The summed E-state index contributed by atoms with van der Waals surface area (Å²) in [5, 5.41) is 20.4. The Kier molecular flexibility index (Phi) is 6.91. The molecule has 4 rings (SSSR count). The number of hydrogen-bond donors (Lipinski definition) is 2. The van der Waals surface area contributed by atoms with E-state index in [-0.39, 0.29) is 12.2 Å². The molecule has 0 saturated heterocycles. The highest BCUT2D eigenvalue weighted by atomic mass is 16.5. The summed E-state index contributed by atoms with van der Waals surface area (Å²) in [4.78, 5) is 0. The lowest BCUT2D eigenvalue weighted by Crippen LogP contribution is -2.27. The van der Waals surface area contributed by atoms with Crippen molar-refractivity contribution in [1.29, 1.82) is 0 Å². The average molecular weight is 415 g/mol. The summed E-state index contributed by atoms with van der Waals surface area (Å²) in [6.07, 6.45) is 18.2. The lowest BCUT2D eigenvalue weighted by Gasteiger charge is -2.34. The van der Waals surface area contributed by atoms with Crippen LogP contribution in [-0.2, 0) is 4.74 Å². The van der Waals surface area contributed by atoms with Gasteiger partial charge in [-0.05, 0) is 94.5 Å². The molecule has 6 atom stereocenters. The van der Waals surface area contributed by atoms with Crippen molar-refractivity contribution in [2.75, 3.05) is 6.61 Å². The van der Waals surface area contributed by atoms with Gasteiger partial charge in [0.15, 0.2) is 0 Å². The maximum Gasteiger partial charge on any atom is 0.0852 e. The molecule has 30 heavy (non-hydrogen) atoms. The Morgan fingerprint density at radius 2 is 2.03 bits per heavy atom. The van der Waals surface area contributed by atoms with Crippen LogP contribution in [0.5, 0.6) is 0 Å². The van der Waals surface area contributed by atoms with Crippen LogP contribution in [0.15, 0.2) is 34.9 Å². The monoisotopic (exact) mass is 414 g/mol. The fourth-order valence-electron chi connectivity index (χ4n) is 6.75. The summed E-state index contributed by atoms with van der Waals surface area (Å²) < 4.78 is 5.78. The molecule has 168 valence electrons. The molecule has 0 bridgehead atoms. The summed E-state index contributed by atoms with van der Waals surface area (Å²) >= 11 is 0. The van der Waals surface area contributed by atoms with Gasteiger partial charge in [0, 0.05) is 0 Å². The quantitative estimate of drug-likeness (QED) is 0.546. The second-order valence-corrected chi connectivity index (χ2v) is 11.1. The average Bonchev–Trinajstić information content (AvgIpc) is 3.32. The van der Waals surface area contributed by atoms with Crippen LogP contribution < -0.4 is 0 Å². The van der Waals surface area contributed by atoms with Gasteiger partial charge in [0.05, 0.1) is 24.4 Å². The number of fused-ring (bicyclic) bond motifs is 2. The van der Waals surface area contributed by atoms with E-state index in [9.17, 15) is 10.2 Å². The van der Waals surface area contributed by atoms with Crippen LogP contribution in [-0.4, -0.2) is 34.6 Å². The molecule has 3 nitrogen and oxygen atoms in total. The van der Waals surface area contributed by atoms with Crippen molar-refractivity contribution < 1.29 is 14.9 Å². The van der Waals surface area contributed by atoms with Crippen LogP contribution >= 0.6 is 0 Å². The summed E-state index contributed by atoms with van der Waals surface area (Å²) in [5.74, 6) is 3.23. The minimum absolute atomic E-state index is 0.109. The molecule has 1 aliphatic heterocycles. The van der Waals surface area contributed by atoms with E-state index in [0.717, 1.165) is 54.9 Å². The highest BCUT2D eigenvalue weighted by molar-refractivity contribution is 5.31. The molecule has 0 spiro atoms. The van der Waals surface area contributed by atoms with Crippen molar-refractivity contribution in [3.05, 3.63) is 34.9 Å². The first-order chi connectivity index (χ1) is 14.3. The first-order valence-electron chi connectivity index (χ1n) is 12.4. The van der Waals surface area contributed by atoms with Gasteiger partial charge in [-0.15, -0.1) is 0 Å². The molecule has 4 aliphatic rings. The molecule has 3 unspecified atom stereocenters. The number of rotatable bonds is 6. The number of ether oxygens (including phenoxy) is 1. The van der Waals surface area contributed by atoms with Crippen molar-refractivity contribution >= 4 is 0 Å². The third kappa shape index (κ3) is 5.11. The molecule has 0 amide bonds. The van der Waals surface area contributed by atoms with Gasteiger partial charge < -0.3 is 14.9 Å². The Morgan fingerprint density at radius 1 is 1.20 bits per heavy atom. The van der Waals surface area contributed by atoms with E-state index in [0.29, 0.717) is 6.61 Å². The molecule has 1 heterocycles. The van der Waals surface area contributed by atoms with E-state index in [1.165, 1.54) is 44.1 Å². The van der Waals surface area contributed by atoms with Crippen LogP contribution in [0.4, 0.5) is 0 Å². The SMILES string of the molecule is C[C@H](CCCC(C)(C)O)C1CCC2/C(=C/C=C3\C[C@@H](O)C4=CCO[C@@H]4C3)CCCC21. The molecule has 0 aromatic rings. The Hall–Kier alpha value is -0.900. The second kappa shape index (κ2) is 9.30. The summed E-state index contributed by atoms with van der Waals surface area (Å²) in [6, 6.07) is 0. The predicted octanol–water partition coefficient (Wildman–Crippen LogP) is 5.72. The van der Waals surface area contributed by atoms with Crippen molar-refractivity contribution in [2.45, 2.75) is 103 Å². The van der Waals surface area contributed by atoms with Crippen LogP contribution in [0.1, 0.15) is 85.0 Å². The maximum atomic E-state index is 10.4. The predicted molar refractivity (Wildman–Crippen MR) is 122 cm³/mol. The minimum atomic E-state index is -0.529. The molecule has 0 aromatic heterocycles. The lowest BCUT2D eigenvalue weighted by molar-refractivity contribution is 0.0651.